The van der Waals surface area contributed by atoms with Crippen LogP contribution in [0.15, 0.2) is 78.9 Å². The van der Waals surface area contributed by atoms with Gasteiger partial charge in [0.15, 0.2) is 0 Å². The fraction of sp³-hybridized carbons (Fsp3) is 0.355. The van der Waals surface area contributed by atoms with Crippen molar-refractivity contribution in [3.63, 3.8) is 0 Å². The highest BCUT2D eigenvalue weighted by molar-refractivity contribution is 7.92. The topological polar surface area (TPSA) is 86.8 Å². The lowest BCUT2D eigenvalue weighted by Gasteiger charge is -2.32. The number of nitrogens with one attached hydrogen (secondary N) is 1. The fourth-order valence-electron chi connectivity index (χ4n) is 4.56. The minimum Gasteiger partial charge on any atom is -0.355 e. The van der Waals surface area contributed by atoms with E-state index in [-0.39, 0.29) is 31.3 Å². The van der Waals surface area contributed by atoms with E-state index >= 15 is 0 Å². The SMILES string of the molecule is CCNC(=O)C(Cc1ccccc1)N(Cc1ccc(C)cc1)C(=O)CCCN(c1ccccc1C)S(C)(=O)=O. The Balaban J connectivity index is 1.86. The maximum Gasteiger partial charge on any atom is 0.243 e. The summed E-state index contributed by atoms with van der Waals surface area (Å²) in [5.41, 5.74) is 4.44. The molecule has 39 heavy (non-hydrogen) atoms. The van der Waals surface area contributed by atoms with E-state index in [4.69, 9.17) is 0 Å². The number of sulfonamides is 1. The molecule has 0 heterocycles. The number of carbonyl (C=O) groups is 2. The molecule has 3 rings (SSSR count). The van der Waals surface area contributed by atoms with Crippen LogP contribution in [0.3, 0.4) is 0 Å². The Kier molecular flexibility index (Phi) is 10.7. The first-order chi connectivity index (χ1) is 18.6. The van der Waals surface area contributed by atoms with Crippen LogP contribution in [0.5, 0.6) is 0 Å². The Morgan fingerprint density at radius 3 is 2.13 bits per heavy atom. The van der Waals surface area contributed by atoms with Crippen molar-refractivity contribution in [3.8, 4) is 0 Å². The van der Waals surface area contributed by atoms with Crippen LogP contribution in [0, 0.1) is 13.8 Å². The van der Waals surface area contributed by atoms with E-state index in [9.17, 15) is 18.0 Å². The van der Waals surface area contributed by atoms with Crippen molar-refractivity contribution in [2.24, 2.45) is 0 Å². The summed E-state index contributed by atoms with van der Waals surface area (Å²) in [5.74, 6) is -0.402. The summed E-state index contributed by atoms with van der Waals surface area (Å²) in [6.07, 6.45) is 1.98. The molecule has 0 aromatic heterocycles. The summed E-state index contributed by atoms with van der Waals surface area (Å²) in [6, 6.07) is 24.2. The molecule has 0 aliphatic heterocycles. The quantitative estimate of drug-likeness (QED) is 0.337. The van der Waals surface area contributed by atoms with Gasteiger partial charge in [-0.25, -0.2) is 8.42 Å². The zero-order chi connectivity index (χ0) is 28.4. The van der Waals surface area contributed by atoms with Crippen LogP contribution in [0.4, 0.5) is 5.69 Å². The third-order valence-corrected chi connectivity index (χ3v) is 7.81. The lowest BCUT2D eigenvalue weighted by atomic mass is 10.0. The Morgan fingerprint density at radius 2 is 1.51 bits per heavy atom. The van der Waals surface area contributed by atoms with Crippen molar-refractivity contribution in [3.05, 3.63) is 101 Å². The summed E-state index contributed by atoms with van der Waals surface area (Å²) >= 11 is 0. The van der Waals surface area contributed by atoms with Gasteiger partial charge >= 0.3 is 0 Å². The first-order valence-electron chi connectivity index (χ1n) is 13.3. The molecule has 208 valence electrons. The van der Waals surface area contributed by atoms with E-state index in [0.29, 0.717) is 25.1 Å². The number of hydrogen-bond acceptors (Lipinski definition) is 4. The zero-order valence-corrected chi connectivity index (χ0v) is 24.1. The van der Waals surface area contributed by atoms with Crippen LogP contribution in [-0.2, 0) is 32.6 Å². The highest BCUT2D eigenvalue weighted by Gasteiger charge is 2.30. The van der Waals surface area contributed by atoms with E-state index in [1.54, 1.807) is 17.0 Å². The standard InChI is InChI=1S/C31H39N3O4S/c1-5-32-31(36)29(22-26-13-7-6-8-14-26)33(23-27-19-17-24(2)18-20-27)30(35)16-11-21-34(39(4,37)38)28-15-10-9-12-25(28)3/h6-10,12-15,17-20,29H,5,11,16,21-23H2,1-4H3,(H,32,36). The Hall–Kier alpha value is -3.65. The molecular formula is C31H39N3O4S. The van der Waals surface area contributed by atoms with Gasteiger partial charge in [-0.05, 0) is 49.9 Å². The van der Waals surface area contributed by atoms with E-state index in [1.165, 1.54) is 10.6 Å². The van der Waals surface area contributed by atoms with Crippen LogP contribution in [-0.4, -0.2) is 50.5 Å². The summed E-state index contributed by atoms with van der Waals surface area (Å²) < 4.78 is 26.6. The Bertz CT molecular complexity index is 1340. The predicted octanol–water partition coefficient (Wildman–Crippen LogP) is 4.63. The van der Waals surface area contributed by atoms with Gasteiger partial charge in [-0.15, -0.1) is 0 Å². The summed E-state index contributed by atoms with van der Waals surface area (Å²) in [7, 11) is -3.54. The number of rotatable bonds is 13. The first-order valence-corrected chi connectivity index (χ1v) is 15.1. The molecular weight excluding hydrogens is 510 g/mol. The van der Waals surface area contributed by atoms with Crippen LogP contribution >= 0.6 is 0 Å². The largest absolute Gasteiger partial charge is 0.355 e. The van der Waals surface area contributed by atoms with E-state index in [1.807, 2.05) is 87.5 Å². The maximum absolute atomic E-state index is 13.8. The summed E-state index contributed by atoms with van der Waals surface area (Å²) in [6.45, 7) is 6.62. The van der Waals surface area contributed by atoms with Crippen LogP contribution < -0.4 is 9.62 Å². The van der Waals surface area contributed by atoms with Crippen molar-refractivity contribution in [2.75, 3.05) is 23.7 Å². The Labute approximate surface area is 232 Å². The molecule has 3 aromatic carbocycles. The highest BCUT2D eigenvalue weighted by Crippen LogP contribution is 2.23. The van der Waals surface area contributed by atoms with Gasteiger partial charge in [-0.1, -0.05) is 78.4 Å². The van der Waals surface area contributed by atoms with E-state index in [0.717, 1.165) is 22.3 Å². The molecule has 0 aliphatic carbocycles. The fourth-order valence-corrected chi connectivity index (χ4v) is 5.58. The normalized spacial score (nSPS) is 12.0. The number of hydrogen-bond donors (Lipinski definition) is 1. The molecule has 0 radical (unpaired) electrons. The monoisotopic (exact) mass is 549 g/mol. The zero-order valence-electron chi connectivity index (χ0n) is 23.3. The number of aryl methyl sites for hydroxylation is 2. The lowest BCUT2D eigenvalue weighted by Crippen LogP contribution is -2.50. The molecule has 0 saturated heterocycles. The van der Waals surface area contributed by atoms with Gasteiger partial charge in [-0.3, -0.25) is 13.9 Å². The van der Waals surface area contributed by atoms with Crippen molar-refractivity contribution in [1.82, 2.24) is 10.2 Å². The van der Waals surface area contributed by atoms with Gasteiger partial charge in [0.25, 0.3) is 0 Å². The van der Waals surface area contributed by atoms with Gasteiger partial charge in [0.2, 0.25) is 21.8 Å². The van der Waals surface area contributed by atoms with Crippen LogP contribution in [0.2, 0.25) is 0 Å². The van der Waals surface area contributed by atoms with Gasteiger partial charge in [0, 0.05) is 32.5 Å². The lowest BCUT2D eigenvalue weighted by molar-refractivity contribution is -0.141. The van der Waals surface area contributed by atoms with Gasteiger partial charge in [0.05, 0.1) is 11.9 Å². The predicted molar refractivity (Wildman–Crippen MR) is 157 cm³/mol. The number of likely N-dealkylation sites (N-methyl/N-ethyl adjacent to an activating group) is 1. The second-order valence-electron chi connectivity index (χ2n) is 9.83. The number of para-hydroxylation sites is 1. The molecule has 1 N–H and O–H groups in total. The van der Waals surface area contributed by atoms with Crippen molar-refractivity contribution >= 4 is 27.5 Å². The molecule has 3 aromatic rings. The molecule has 1 atom stereocenters. The molecule has 0 bridgehead atoms. The minimum absolute atomic E-state index is 0.106. The van der Waals surface area contributed by atoms with E-state index in [2.05, 4.69) is 5.32 Å². The highest BCUT2D eigenvalue weighted by atomic mass is 32.2. The van der Waals surface area contributed by atoms with E-state index < -0.39 is 16.1 Å². The Morgan fingerprint density at radius 1 is 0.872 bits per heavy atom. The van der Waals surface area contributed by atoms with Crippen molar-refractivity contribution in [2.45, 2.75) is 52.6 Å². The molecule has 8 heteroatoms. The molecule has 0 spiro atoms. The van der Waals surface area contributed by atoms with Crippen LogP contribution in [0.1, 0.15) is 42.0 Å². The summed E-state index contributed by atoms with van der Waals surface area (Å²) in [5, 5.41) is 2.90. The molecule has 0 fully saturated rings. The number of nitrogens with zero attached hydrogens (tertiary/aromatic N) is 2. The van der Waals surface area contributed by atoms with Gasteiger partial charge in [0.1, 0.15) is 6.04 Å². The van der Waals surface area contributed by atoms with Gasteiger partial charge in [-0.2, -0.15) is 0 Å². The maximum atomic E-state index is 13.8. The number of benzene rings is 3. The average molecular weight is 550 g/mol. The van der Waals surface area contributed by atoms with Crippen molar-refractivity contribution < 1.29 is 18.0 Å². The molecule has 1 unspecified atom stereocenters. The smallest absolute Gasteiger partial charge is 0.243 e. The average Bonchev–Trinajstić information content (AvgIpc) is 2.90. The van der Waals surface area contributed by atoms with Crippen molar-refractivity contribution in [1.29, 1.82) is 0 Å². The molecule has 2 amide bonds. The number of anilines is 1. The van der Waals surface area contributed by atoms with Gasteiger partial charge < -0.3 is 10.2 Å². The molecule has 0 saturated carbocycles. The number of carbonyl (C=O) groups excluding carboxylic acids is 2. The van der Waals surface area contributed by atoms with Crippen LogP contribution in [0.25, 0.3) is 0 Å². The third kappa shape index (κ3) is 8.68. The third-order valence-electron chi connectivity index (χ3n) is 6.63. The summed E-state index contributed by atoms with van der Waals surface area (Å²) in [4.78, 5) is 28.7. The first kappa shape index (κ1) is 29.9. The minimum atomic E-state index is -3.54. The second-order valence-corrected chi connectivity index (χ2v) is 11.7. The number of amides is 2. The molecule has 7 nitrogen and oxygen atoms in total. The second kappa shape index (κ2) is 13.9. The molecule has 0 aliphatic rings.